The van der Waals surface area contributed by atoms with E-state index in [1.54, 1.807) is 17.0 Å². The zero-order valence-electron chi connectivity index (χ0n) is 9.90. The van der Waals surface area contributed by atoms with Crippen LogP contribution in [0.15, 0.2) is 16.9 Å². The number of H-pyrrole nitrogens is 1. The average molecular weight is 235 g/mol. The fraction of sp³-hybridized carbons (Fsp3) is 0.500. The van der Waals surface area contributed by atoms with Crippen LogP contribution >= 0.6 is 0 Å². The van der Waals surface area contributed by atoms with E-state index in [1.807, 2.05) is 6.92 Å². The molecular formula is C12H17N3O2. The second-order valence-corrected chi connectivity index (χ2v) is 4.40. The second kappa shape index (κ2) is 4.71. The number of amides is 1. The van der Waals surface area contributed by atoms with Crippen molar-refractivity contribution in [2.24, 2.45) is 5.73 Å². The van der Waals surface area contributed by atoms with E-state index in [9.17, 15) is 9.59 Å². The third-order valence-electron chi connectivity index (χ3n) is 3.10. The highest BCUT2D eigenvalue weighted by atomic mass is 16.2. The number of hydrogen-bond donors (Lipinski definition) is 2. The van der Waals surface area contributed by atoms with Gasteiger partial charge in [0.15, 0.2) is 5.43 Å². The Balaban J connectivity index is 2.32. The highest BCUT2D eigenvalue weighted by Gasteiger charge is 2.29. The molecule has 0 radical (unpaired) electrons. The molecule has 1 aromatic heterocycles. The highest BCUT2D eigenvalue weighted by Crippen LogP contribution is 2.30. The molecule has 92 valence electrons. The largest absolute Gasteiger partial charge is 0.361 e. The minimum absolute atomic E-state index is 0.0204. The maximum atomic E-state index is 11.7. The van der Waals surface area contributed by atoms with E-state index < -0.39 is 0 Å². The Morgan fingerprint density at radius 2 is 2.35 bits per heavy atom. The van der Waals surface area contributed by atoms with Gasteiger partial charge in [0, 0.05) is 30.1 Å². The summed E-state index contributed by atoms with van der Waals surface area (Å²) in [4.78, 5) is 28.1. The molecule has 1 saturated heterocycles. The monoisotopic (exact) mass is 235 g/mol. The quantitative estimate of drug-likeness (QED) is 0.774. The Bertz CT molecular complexity index is 481. The molecule has 5 nitrogen and oxygen atoms in total. The first-order chi connectivity index (χ1) is 8.11. The van der Waals surface area contributed by atoms with Gasteiger partial charge in [0.2, 0.25) is 5.91 Å². The Morgan fingerprint density at radius 1 is 1.59 bits per heavy atom. The van der Waals surface area contributed by atoms with Gasteiger partial charge in [0.05, 0.1) is 12.6 Å². The van der Waals surface area contributed by atoms with E-state index in [4.69, 9.17) is 5.73 Å². The molecule has 1 amide bonds. The number of hydrogen-bond acceptors (Lipinski definition) is 3. The average Bonchev–Trinajstić information content (AvgIpc) is 2.75. The van der Waals surface area contributed by atoms with Crippen LogP contribution in [0.3, 0.4) is 0 Å². The first-order valence-corrected chi connectivity index (χ1v) is 5.82. The molecule has 3 N–H and O–H groups in total. The molecule has 0 aromatic carbocycles. The van der Waals surface area contributed by atoms with Crippen LogP contribution in [0.1, 0.15) is 30.3 Å². The lowest BCUT2D eigenvalue weighted by atomic mass is 10.1. The molecular weight excluding hydrogens is 218 g/mol. The molecule has 1 aromatic rings. The van der Waals surface area contributed by atoms with Gasteiger partial charge in [0.25, 0.3) is 0 Å². The zero-order valence-corrected chi connectivity index (χ0v) is 9.90. The van der Waals surface area contributed by atoms with Gasteiger partial charge >= 0.3 is 0 Å². The number of likely N-dealkylation sites (tertiary alicyclic amines) is 1. The molecule has 0 aliphatic carbocycles. The standard InChI is InChI=1S/C12H17N3O2/c1-8-5-9(16)6-10(14-8)11-3-2-4-15(11)12(17)7-13/h5-6,11H,2-4,7,13H2,1H3,(H,14,16)/t11-/m1/s1. The molecule has 0 spiro atoms. The summed E-state index contributed by atoms with van der Waals surface area (Å²) in [6.45, 7) is 2.58. The van der Waals surface area contributed by atoms with Crippen LogP contribution in [0.5, 0.6) is 0 Å². The molecule has 1 atom stereocenters. The van der Waals surface area contributed by atoms with Crippen LogP contribution in [-0.4, -0.2) is 28.9 Å². The highest BCUT2D eigenvalue weighted by molar-refractivity contribution is 5.78. The molecule has 17 heavy (non-hydrogen) atoms. The second-order valence-electron chi connectivity index (χ2n) is 4.40. The molecule has 0 unspecified atom stereocenters. The molecule has 1 fully saturated rings. The summed E-state index contributed by atoms with van der Waals surface area (Å²) in [6, 6.07) is 3.09. The lowest BCUT2D eigenvalue weighted by Crippen LogP contribution is -2.36. The van der Waals surface area contributed by atoms with Crippen molar-refractivity contribution in [3.8, 4) is 0 Å². The van der Waals surface area contributed by atoms with Crippen LogP contribution in [0.2, 0.25) is 0 Å². The molecule has 0 bridgehead atoms. The van der Waals surface area contributed by atoms with Crippen molar-refractivity contribution in [1.82, 2.24) is 9.88 Å². The predicted octanol–water partition coefficient (Wildman–Crippen LogP) is 0.306. The number of aromatic nitrogens is 1. The number of carbonyl (C=O) groups excluding carboxylic acids is 1. The summed E-state index contributed by atoms with van der Waals surface area (Å²) in [6.07, 6.45) is 1.83. The number of nitrogens with zero attached hydrogens (tertiary/aromatic N) is 1. The number of aromatic amines is 1. The van der Waals surface area contributed by atoms with Gasteiger partial charge in [-0.05, 0) is 19.8 Å². The Labute approximate surface area is 99.6 Å². The number of aryl methyl sites for hydroxylation is 1. The van der Waals surface area contributed by atoms with E-state index in [2.05, 4.69) is 4.98 Å². The maximum absolute atomic E-state index is 11.7. The fourth-order valence-corrected chi connectivity index (χ4v) is 2.39. The summed E-state index contributed by atoms with van der Waals surface area (Å²) in [5, 5.41) is 0. The Morgan fingerprint density at radius 3 is 3.00 bits per heavy atom. The lowest BCUT2D eigenvalue weighted by Gasteiger charge is -2.24. The van der Waals surface area contributed by atoms with Gasteiger partial charge in [-0.2, -0.15) is 0 Å². The number of nitrogens with two attached hydrogens (primary N) is 1. The van der Waals surface area contributed by atoms with Gasteiger partial charge in [-0.25, -0.2) is 0 Å². The first-order valence-electron chi connectivity index (χ1n) is 5.82. The van der Waals surface area contributed by atoms with Crippen LogP contribution in [-0.2, 0) is 4.79 Å². The van der Waals surface area contributed by atoms with Crippen molar-refractivity contribution in [1.29, 1.82) is 0 Å². The van der Waals surface area contributed by atoms with Crippen molar-refractivity contribution in [3.05, 3.63) is 33.7 Å². The Kier molecular flexibility index (Phi) is 3.28. The van der Waals surface area contributed by atoms with Gasteiger partial charge in [-0.1, -0.05) is 0 Å². The molecule has 5 heteroatoms. The van der Waals surface area contributed by atoms with Crippen LogP contribution in [0, 0.1) is 6.92 Å². The summed E-state index contributed by atoms with van der Waals surface area (Å²) in [7, 11) is 0. The van der Waals surface area contributed by atoms with Crippen LogP contribution in [0.4, 0.5) is 0 Å². The molecule has 1 aliphatic heterocycles. The van der Waals surface area contributed by atoms with Gasteiger partial charge in [-0.3, -0.25) is 9.59 Å². The van der Waals surface area contributed by atoms with E-state index in [0.717, 1.165) is 30.8 Å². The molecule has 2 heterocycles. The van der Waals surface area contributed by atoms with Crippen molar-refractivity contribution in [3.63, 3.8) is 0 Å². The number of pyridine rings is 1. The van der Waals surface area contributed by atoms with Gasteiger partial charge < -0.3 is 15.6 Å². The number of nitrogens with one attached hydrogen (secondary N) is 1. The normalized spacial score (nSPS) is 19.6. The van der Waals surface area contributed by atoms with Crippen LogP contribution < -0.4 is 11.2 Å². The van der Waals surface area contributed by atoms with E-state index in [-0.39, 0.29) is 23.9 Å². The van der Waals surface area contributed by atoms with Crippen molar-refractivity contribution in [2.45, 2.75) is 25.8 Å². The van der Waals surface area contributed by atoms with Gasteiger partial charge in [0.1, 0.15) is 0 Å². The summed E-state index contributed by atoms with van der Waals surface area (Å²) in [5.74, 6) is -0.0603. The maximum Gasteiger partial charge on any atom is 0.236 e. The van der Waals surface area contributed by atoms with E-state index in [1.165, 1.54) is 0 Å². The summed E-state index contributed by atoms with van der Waals surface area (Å²) in [5.41, 5.74) is 7.00. The molecule has 2 rings (SSSR count). The SMILES string of the molecule is Cc1cc(=O)cc([C@H]2CCCN2C(=O)CN)[nH]1. The minimum Gasteiger partial charge on any atom is -0.361 e. The van der Waals surface area contributed by atoms with E-state index >= 15 is 0 Å². The fourth-order valence-electron chi connectivity index (χ4n) is 2.39. The molecule has 1 aliphatic rings. The Hall–Kier alpha value is -1.62. The summed E-state index contributed by atoms with van der Waals surface area (Å²) < 4.78 is 0. The lowest BCUT2D eigenvalue weighted by molar-refractivity contribution is -0.130. The third-order valence-corrected chi connectivity index (χ3v) is 3.10. The van der Waals surface area contributed by atoms with Gasteiger partial charge in [-0.15, -0.1) is 0 Å². The van der Waals surface area contributed by atoms with Crippen molar-refractivity contribution < 1.29 is 4.79 Å². The van der Waals surface area contributed by atoms with Crippen molar-refractivity contribution in [2.75, 3.05) is 13.1 Å². The summed E-state index contributed by atoms with van der Waals surface area (Å²) >= 11 is 0. The number of rotatable bonds is 2. The molecule has 0 saturated carbocycles. The topological polar surface area (TPSA) is 79.2 Å². The zero-order chi connectivity index (χ0) is 12.4. The van der Waals surface area contributed by atoms with Crippen LogP contribution in [0.25, 0.3) is 0 Å². The smallest absolute Gasteiger partial charge is 0.236 e. The predicted molar refractivity (Wildman–Crippen MR) is 64.5 cm³/mol. The third kappa shape index (κ3) is 2.39. The number of carbonyl (C=O) groups is 1. The van der Waals surface area contributed by atoms with E-state index in [0.29, 0.717) is 0 Å². The first kappa shape index (κ1) is 11.9. The van der Waals surface area contributed by atoms with Crippen molar-refractivity contribution >= 4 is 5.91 Å². The minimum atomic E-state index is -0.0603.